The van der Waals surface area contributed by atoms with Crippen molar-refractivity contribution in [2.75, 3.05) is 0 Å². The molecule has 0 spiro atoms. The van der Waals surface area contributed by atoms with E-state index in [1.54, 1.807) is 12.2 Å². The summed E-state index contributed by atoms with van der Waals surface area (Å²) < 4.78 is 0. The Bertz CT molecular complexity index is 127. The fraction of sp³-hybridized carbons (Fsp3) is 0.167. The molecule has 9 heavy (non-hydrogen) atoms. The third-order valence-electron chi connectivity index (χ3n) is 0.542. The topological polar surface area (TPSA) is 37.3 Å². The van der Waals surface area contributed by atoms with E-state index in [4.69, 9.17) is 5.11 Å². The molecule has 0 aromatic carbocycles. The van der Waals surface area contributed by atoms with Crippen molar-refractivity contribution < 1.29 is 27.0 Å². The van der Waals surface area contributed by atoms with Crippen LogP contribution in [0, 0.1) is 0 Å². The van der Waals surface area contributed by atoms with Gasteiger partial charge in [0.15, 0.2) is 0 Å². The zero-order valence-electron chi connectivity index (χ0n) is 4.97. The molecule has 0 saturated heterocycles. The first-order chi connectivity index (χ1) is 3.77. The van der Waals surface area contributed by atoms with Gasteiger partial charge in [-0.25, -0.2) is 4.79 Å². The van der Waals surface area contributed by atoms with Crippen LogP contribution in [0.1, 0.15) is 6.92 Å². The maximum Gasteiger partial charge on any atom is 0.328 e. The molecule has 0 atom stereocenters. The average molecular weight is 176 g/mol. The van der Waals surface area contributed by atoms with E-state index in [-0.39, 0.29) is 17.1 Å². The Hall–Kier alpha value is -0.531. The number of allylic oxidation sites excluding steroid dienone is 3. The van der Waals surface area contributed by atoms with Crippen molar-refractivity contribution in [1.82, 2.24) is 0 Å². The first-order valence-corrected chi connectivity index (χ1v) is 2.29. The minimum absolute atomic E-state index is 0. The molecule has 0 aliphatic heterocycles. The molecule has 0 aliphatic rings. The van der Waals surface area contributed by atoms with Crippen LogP contribution in [0.3, 0.4) is 0 Å². The number of carboxylic acid groups (broad SMARTS) is 1. The van der Waals surface area contributed by atoms with E-state index in [9.17, 15) is 4.79 Å². The van der Waals surface area contributed by atoms with E-state index in [0.717, 1.165) is 6.08 Å². The van der Waals surface area contributed by atoms with Gasteiger partial charge < -0.3 is 5.11 Å². The number of rotatable bonds is 2. The molecule has 0 aliphatic carbocycles. The van der Waals surface area contributed by atoms with Crippen LogP contribution in [0.25, 0.3) is 0 Å². The number of carboxylic acids is 1. The maximum atomic E-state index is 9.75. The number of aliphatic carboxylic acids is 1. The van der Waals surface area contributed by atoms with Crippen LogP contribution in [-0.2, 0) is 21.9 Å². The van der Waals surface area contributed by atoms with Gasteiger partial charge in [0.05, 0.1) is 0 Å². The summed E-state index contributed by atoms with van der Waals surface area (Å²) in [5.74, 6) is -0.914. The summed E-state index contributed by atoms with van der Waals surface area (Å²) in [6.45, 7) is 1.83. The maximum absolute atomic E-state index is 9.75. The molecule has 3 heteroatoms. The zero-order chi connectivity index (χ0) is 6.41. The second-order valence-corrected chi connectivity index (χ2v) is 1.22. The Labute approximate surface area is 64.7 Å². The van der Waals surface area contributed by atoms with Crippen LogP contribution in [0.4, 0.5) is 0 Å². The largest absolute Gasteiger partial charge is 0.478 e. The zero-order valence-corrected chi connectivity index (χ0v) is 5.91. The van der Waals surface area contributed by atoms with Gasteiger partial charge >= 0.3 is 5.97 Å². The van der Waals surface area contributed by atoms with Crippen molar-refractivity contribution in [3.05, 3.63) is 24.3 Å². The van der Waals surface area contributed by atoms with Gasteiger partial charge in [0, 0.05) is 23.1 Å². The summed E-state index contributed by atoms with van der Waals surface area (Å²) in [5.41, 5.74) is 0. The molecule has 0 unspecified atom stereocenters. The van der Waals surface area contributed by atoms with Gasteiger partial charge in [-0.2, -0.15) is 0 Å². The fourth-order valence-corrected chi connectivity index (χ4v) is 0.249. The van der Waals surface area contributed by atoms with Crippen LogP contribution in [0.15, 0.2) is 24.3 Å². The molecule has 55 valence electrons. The molecule has 0 amide bonds. The van der Waals surface area contributed by atoms with E-state index >= 15 is 0 Å². The Morgan fingerprint density at radius 2 is 2.00 bits per heavy atom. The molecule has 0 aromatic heterocycles. The van der Waals surface area contributed by atoms with Crippen molar-refractivity contribution in [2.24, 2.45) is 0 Å². The van der Waals surface area contributed by atoms with E-state index in [1.807, 2.05) is 6.92 Å². The predicted molar refractivity (Wildman–Crippen MR) is 31.6 cm³/mol. The normalized spacial score (nSPS) is 9.89. The average Bonchev–Trinajstić information content (AvgIpc) is 1.66. The quantitative estimate of drug-likeness (QED) is 0.389. The van der Waals surface area contributed by atoms with Gasteiger partial charge in [-0.1, -0.05) is 18.2 Å². The second-order valence-electron chi connectivity index (χ2n) is 1.22. The smallest absolute Gasteiger partial charge is 0.328 e. The first kappa shape index (κ1) is 11.3. The molecule has 0 fully saturated rings. The molecule has 0 saturated carbocycles. The third kappa shape index (κ3) is 11.2. The number of hydrogen-bond donors (Lipinski definition) is 1. The van der Waals surface area contributed by atoms with Crippen LogP contribution in [-0.4, -0.2) is 11.1 Å². The van der Waals surface area contributed by atoms with Crippen molar-refractivity contribution in [2.45, 2.75) is 6.92 Å². The summed E-state index contributed by atoms with van der Waals surface area (Å²) in [4.78, 5) is 9.75. The van der Waals surface area contributed by atoms with Crippen LogP contribution in [0.5, 0.6) is 0 Å². The minimum Gasteiger partial charge on any atom is -0.478 e. The summed E-state index contributed by atoms with van der Waals surface area (Å²) in [7, 11) is 0. The van der Waals surface area contributed by atoms with E-state index in [0.29, 0.717) is 0 Å². The minimum atomic E-state index is -0.914. The molecule has 0 bridgehead atoms. The van der Waals surface area contributed by atoms with Crippen molar-refractivity contribution >= 4 is 5.97 Å². The predicted octanol–water partition coefficient (Wildman–Crippen LogP) is 1.20. The summed E-state index contributed by atoms with van der Waals surface area (Å²) in [6, 6.07) is 0. The fourth-order valence-electron chi connectivity index (χ4n) is 0.249. The Morgan fingerprint density at radius 3 is 2.33 bits per heavy atom. The monoisotopic (exact) mass is 175 g/mol. The molecule has 0 aromatic rings. The van der Waals surface area contributed by atoms with Crippen molar-refractivity contribution in [3.8, 4) is 0 Å². The standard InChI is InChI=1S/C6H8O2.Cu/c1-2-3-4-5-6(7)8;/h2-5H,1H3,(H,7,8);/b3-2+,5-4+;. The summed E-state index contributed by atoms with van der Waals surface area (Å²) in [5, 5.41) is 8.02. The number of carbonyl (C=O) groups is 1. The molecular formula is C6H8CuO2. The summed E-state index contributed by atoms with van der Waals surface area (Å²) in [6.07, 6.45) is 5.98. The van der Waals surface area contributed by atoms with Gasteiger partial charge in [-0.3, -0.25) is 0 Å². The Morgan fingerprint density at radius 1 is 1.44 bits per heavy atom. The molecule has 0 heterocycles. The number of hydrogen-bond acceptors (Lipinski definition) is 1. The van der Waals surface area contributed by atoms with Crippen LogP contribution >= 0.6 is 0 Å². The SMILES string of the molecule is C/C=C/C=C/C(=O)O.[Cu]. The van der Waals surface area contributed by atoms with Gasteiger partial charge in [-0.05, 0) is 6.92 Å². The molecule has 1 N–H and O–H groups in total. The van der Waals surface area contributed by atoms with Gasteiger partial charge in [0.2, 0.25) is 0 Å². The molecule has 0 rings (SSSR count). The van der Waals surface area contributed by atoms with Gasteiger partial charge in [0.1, 0.15) is 0 Å². The molecule has 2 nitrogen and oxygen atoms in total. The van der Waals surface area contributed by atoms with E-state index in [1.165, 1.54) is 6.08 Å². The van der Waals surface area contributed by atoms with E-state index < -0.39 is 5.97 Å². The Balaban J connectivity index is 0. The Kier molecular flexibility index (Phi) is 9.37. The van der Waals surface area contributed by atoms with Gasteiger partial charge in [0.25, 0.3) is 0 Å². The van der Waals surface area contributed by atoms with Crippen LogP contribution < -0.4 is 0 Å². The van der Waals surface area contributed by atoms with Crippen molar-refractivity contribution in [3.63, 3.8) is 0 Å². The van der Waals surface area contributed by atoms with Crippen LogP contribution in [0.2, 0.25) is 0 Å². The molecular weight excluding hydrogens is 168 g/mol. The van der Waals surface area contributed by atoms with Crippen molar-refractivity contribution in [1.29, 1.82) is 0 Å². The van der Waals surface area contributed by atoms with Gasteiger partial charge in [-0.15, -0.1) is 0 Å². The first-order valence-electron chi connectivity index (χ1n) is 2.29. The summed E-state index contributed by atoms with van der Waals surface area (Å²) >= 11 is 0. The second kappa shape index (κ2) is 7.47. The third-order valence-corrected chi connectivity index (χ3v) is 0.542. The molecule has 1 radical (unpaired) electrons. The van der Waals surface area contributed by atoms with E-state index in [2.05, 4.69) is 0 Å².